The zero-order valence-electron chi connectivity index (χ0n) is 10.4. The Kier molecular flexibility index (Phi) is 5.41. The summed E-state index contributed by atoms with van der Waals surface area (Å²) in [5.41, 5.74) is 5.38. The van der Waals surface area contributed by atoms with Gasteiger partial charge in [0.2, 0.25) is 5.91 Å². The van der Waals surface area contributed by atoms with Gasteiger partial charge in [0, 0.05) is 19.5 Å². The Hall–Kier alpha value is -1.10. The van der Waals surface area contributed by atoms with Crippen molar-refractivity contribution in [3.8, 4) is 0 Å². The van der Waals surface area contributed by atoms with Gasteiger partial charge in [-0.05, 0) is 31.7 Å². The molecular formula is C12H22N2O3. The van der Waals surface area contributed by atoms with Crippen molar-refractivity contribution in [1.29, 1.82) is 0 Å². The molecule has 1 heterocycles. The first-order chi connectivity index (χ1) is 8.06. The lowest BCUT2D eigenvalue weighted by atomic mass is 9.87. The Bertz CT molecular complexity index is 281. The molecule has 2 atom stereocenters. The fourth-order valence-electron chi connectivity index (χ4n) is 2.32. The maximum Gasteiger partial charge on any atom is 0.306 e. The second-order valence-electron chi connectivity index (χ2n) is 4.80. The number of amides is 1. The van der Waals surface area contributed by atoms with Gasteiger partial charge in [-0.1, -0.05) is 6.92 Å². The molecule has 0 spiro atoms. The predicted molar refractivity (Wildman–Crippen MR) is 64.4 cm³/mol. The van der Waals surface area contributed by atoms with Crippen LogP contribution in [0, 0.1) is 11.8 Å². The van der Waals surface area contributed by atoms with Gasteiger partial charge >= 0.3 is 5.97 Å². The molecule has 0 aromatic heterocycles. The number of carbonyl (C=O) groups is 2. The molecule has 0 saturated carbocycles. The monoisotopic (exact) mass is 242 g/mol. The quantitative estimate of drug-likeness (QED) is 0.695. The van der Waals surface area contributed by atoms with Gasteiger partial charge in [-0.15, -0.1) is 0 Å². The summed E-state index contributed by atoms with van der Waals surface area (Å²) in [6.45, 7) is 3.66. The first-order valence-electron chi connectivity index (χ1n) is 6.27. The van der Waals surface area contributed by atoms with Crippen molar-refractivity contribution in [1.82, 2.24) is 4.90 Å². The van der Waals surface area contributed by atoms with E-state index in [-0.39, 0.29) is 17.7 Å². The number of piperidine rings is 1. The van der Waals surface area contributed by atoms with Crippen LogP contribution < -0.4 is 5.73 Å². The second kappa shape index (κ2) is 6.59. The minimum atomic E-state index is -0.743. The van der Waals surface area contributed by atoms with E-state index in [0.717, 1.165) is 12.8 Å². The van der Waals surface area contributed by atoms with Gasteiger partial charge in [-0.2, -0.15) is 0 Å². The molecule has 0 aromatic rings. The highest BCUT2D eigenvalue weighted by Gasteiger charge is 2.32. The largest absolute Gasteiger partial charge is 0.481 e. The van der Waals surface area contributed by atoms with E-state index in [1.165, 1.54) is 0 Å². The third-order valence-electron chi connectivity index (χ3n) is 3.42. The first kappa shape index (κ1) is 14.0. The summed E-state index contributed by atoms with van der Waals surface area (Å²) < 4.78 is 0. The maximum atomic E-state index is 11.8. The lowest BCUT2D eigenvalue weighted by Crippen LogP contribution is -2.44. The molecule has 1 aliphatic rings. The summed E-state index contributed by atoms with van der Waals surface area (Å²) in [6.07, 6.45) is 2.79. The van der Waals surface area contributed by atoms with Gasteiger partial charge < -0.3 is 15.7 Å². The van der Waals surface area contributed by atoms with Crippen LogP contribution >= 0.6 is 0 Å². The van der Waals surface area contributed by atoms with Crippen LogP contribution in [0.25, 0.3) is 0 Å². The summed E-state index contributed by atoms with van der Waals surface area (Å²) in [5.74, 6) is -0.871. The molecule has 1 rings (SSSR count). The zero-order chi connectivity index (χ0) is 12.8. The molecule has 17 heavy (non-hydrogen) atoms. The van der Waals surface area contributed by atoms with Crippen molar-refractivity contribution < 1.29 is 14.7 Å². The maximum absolute atomic E-state index is 11.8. The van der Waals surface area contributed by atoms with Crippen LogP contribution in [0.15, 0.2) is 0 Å². The highest BCUT2D eigenvalue weighted by molar-refractivity contribution is 5.77. The predicted octanol–water partition coefficient (Wildman–Crippen LogP) is 0.685. The Morgan fingerprint density at radius 2 is 2.12 bits per heavy atom. The molecular weight excluding hydrogens is 220 g/mol. The molecule has 5 nitrogen and oxygen atoms in total. The molecule has 3 N–H and O–H groups in total. The summed E-state index contributed by atoms with van der Waals surface area (Å²) in [6, 6.07) is 0. The van der Waals surface area contributed by atoms with E-state index < -0.39 is 5.97 Å². The van der Waals surface area contributed by atoms with E-state index in [4.69, 9.17) is 10.8 Å². The molecule has 0 aromatic carbocycles. The second-order valence-corrected chi connectivity index (χ2v) is 4.80. The van der Waals surface area contributed by atoms with Gasteiger partial charge in [-0.25, -0.2) is 0 Å². The van der Waals surface area contributed by atoms with E-state index in [1.54, 1.807) is 4.90 Å². The number of aliphatic carboxylic acids is 1. The van der Waals surface area contributed by atoms with Crippen LogP contribution in [-0.4, -0.2) is 41.5 Å². The first-order valence-corrected chi connectivity index (χ1v) is 6.27. The Balaban J connectivity index is 2.38. The van der Waals surface area contributed by atoms with Gasteiger partial charge in [0.25, 0.3) is 0 Å². The van der Waals surface area contributed by atoms with Crippen LogP contribution in [-0.2, 0) is 9.59 Å². The Labute approximate surface area is 102 Å². The molecule has 0 radical (unpaired) electrons. The summed E-state index contributed by atoms with van der Waals surface area (Å²) >= 11 is 0. The lowest BCUT2D eigenvalue weighted by Gasteiger charge is -2.35. The number of rotatable bonds is 5. The average Bonchev–Trinajstić information content (AvgIpc) is 2.28. The number of unbranched alkanes of at least 4 members (excludes halogenated alkanes) is 1. The molecule has 98 valence electrons. The molecule has 1 amide bonds. The minimum Gasteiger partial charge on any atom is -0.481 e. The number of nitrogens with zero attached hydrogens (tertiary/aromatic N) is 1. The molecule has 5 heteroatoms. The van der Waals surface area contributed by atoms with Crippen molar-refractivity contribution in [3.05, 3.63) is 0 Å². The number of carbonyl (C=O) groups excluding carboxylic acids is 1. The van der Waals surface area contributed by atoms with Crippen LogP contribution in [0.1, 0.15) is 32.6 Å². The van der Waals surface area contributed by atoms with Gasteiger partial charge in [-0.3, -0.25) is 9.59 Å². The topological polar surface area (TPSA) is 83.6 Å². The van der Waals surface area contributed by atoms with Crippen LogP contribution in [0.5, 0.6) is 0 Å². The number of carboxylic acid groups (broad SMARTS) is 1. The van der Waals surface area contributed by atoms with Gasteiger partial charge in [0.05, 0.1) is 5.92 Å². The molecule has 1 fully saturated rings. The molecule has 0 bridgehead atoms. The van der Waals surface area contributed by atoms with E-state index in [1.807, 2.05) is 6.92 Å². The third-order valence-corrected chi connectivity index (χ3v) is 3.42. The molecule has 1 aliphatic heterocycles. The number of hydrogen-bond donors (Lipinski definition) is 2. The van der Waals surface area contributed by atoms with E-state index in [9.17, 15) is 9.59 Å². The third kappa shape index (κ3) is 4.00. The highest BCUT2D eigenvalue weighted by atomic mass is 16.4. The Morgan fingerprint density at radius 3 is 2.65 bits per heavy atom. The van der Waals surface area contributed by atoms with Gasteiger partial charge in [0.15, 0.2) is 0 Å². The minimum absolute atomic E-state index is 0.0414. The van der Waals surface area contributed by atoms with Crippen LogP contribution in [0.4, 0.5) is 0 Å². The Morgan fingerprint density at radius 1 is 1.41 bits per heavy atom. The van der Waals surface area contributed by atoms with Crippen molar-refractivity contribution in [3.63, 3.8) is 0 Å². The van der Waals surface area contributed by atoms with Gasteiger partial charge in [0.1, 0.15) is 0 Å². The zero-order valence-corrected chi connectivity index (χ0v) is 10.4. The van der Waals surface area contributed by atoms with Crippen LogP contribution in [0.3, 0.4) is 0 Å². The number of carboxylic acids is 1. The number of likely N-dealkylation sites (tertiary alicyclic amines) is 1. The standard InChI is InChI=1S/C12H22N2O3/c1-9-8-14(7-5-10(9)12(16)17)11(15)4-2-3-6-13/h9-10H,2-8,13H2,1H3,(H,16,17). The lowest BCUT2D eigenvalue weighted by molar-refractivity contribution is -0.148. The van der Waals surface area contributed by atoms with Crippen LogP contribution in [0.2, 0.25) is 0 Å². The van der Waals surface area contributed by atoms with Crippen molar-refractivity contribution in [2.24, 2.45) is 17.6 Å². The fraction of sp³-hybridized carbons (Fsp3) is 0.833. The van der Waals surface area contributed by atoms with E-state index in [0.29, 0.717) is 32.5 Å². The van der Waals surface area contributed by atoms with Crippen molar-refractivity contribution >= 4 is 11.9 Å². The molecule has 0 aliphatic carbocycles. The van der Waals surface area contributed by atoms with E-state index in [2.05, 4.69) is 0 Å². The summed E-state index contributed by atoms with van der Waals surface area (Å²) in [7, 11) is 0. The fourth-order valence-corrected chi connectivity index (χ4v) is 2.32. The smallest absolute Gasteiger partial charge is 0.306 e. The summed E-state index contributed by atoms with van der Waals surface area (Å²) in [4.78, 5) is 24.6. The SMILES string of the molecule is CC1CN(C(=O)CCCCN)CCC1C(=O)O. The van der Waals surface area contributed by atoms with Crippen molar-refractivity contribution in [2.75, 3.05) is 19.6 Å². The number of nitrogens with two attached hydrogens (primary N) is 1. The summed E-state index contributed by atoms with van der Waals surface area (Å²) in [5, 5.41) is 8.99. The molecule has 1 saturated heterocycles. The highest BCUT2D eigenvalue weighted by Crippen LogP contribution is 2.24. The average molecular weight is 242 g/mol. The normalized spacial score (nSPS) is 24.7. The number of hydrogen-bond acceptors (Lipinski definition) is 3. The van der Waals surface area contributed by atoms with E-state index >= 15 is 0 Å². The molecule has 2 unspecified atom stereocenters. The van der Waals surface area contributed by atoms with Crippen molar-refractivity contribution in [2.45, 2.75) is 32.6 Å².